The van der Waals surface area contributed by atoms with Gasteiger partial charge >= 0.3 is 5.97 Å². The molecule has 0 N–H and O–H groups in total. The fraction of sp³-hybridized carbons (Fsp3) is 0.240. The standard InChI is InChI=1S/C25H25ClO5/c1-17(2)25(27)31-18(3)16-30-24-21-12-8-7-11-20(21)23(15-22(24)26)29-14-13-28-19-9-5-4-6-10-19/h4-12,15,18H,1,13-14,16H2,2-3H3. The number of ether oxygens (including phenoxy) is 4. The largest absolute Gasteiger partial charge is 0.490 e. The van der Waals surface area contributed by atoms with E-state index in [1.54, 1.807) is 19.9 Å². The second kappa shape index (κ2) is 10.7. The SMILES string of the molecule is C=C(C)C(=O)OC(C)COc1c(Cl)cc(OCCOc2ccccc2)c2ccccc12. The fourth-order valence-corrected chi connectivity index (χ4v) is 3.15. The van der Waals surface area contributed by atoms with Gasteiger partial charge in [0.2, 0.25) is 0 Å². The average Bonchev–Trinajstić information content (AvgIpc) is 2.76. The zero-order valence-electron chi connectivity index (χ0n) is 17.6. The van der Waals surface area contributed by atoms with Crippen molar-refractivity contribution in [3.8, 4) is 17.2 Å². The summed E-state index contributed by atoms with van der Waals surface area (Å²) >= 11 is 6.50. The third-order valence-electron chi connectivity index (χ3n) is 4.38. The lowest BCUT2D eigenvalue weighted by Gasteiger charge is -2.18. The number of para-hydroxylation sites is 1. The maximum atomic E-state index is 11.7. The lowest BCUT2D eigenvalue weighted by Crippen LogP contribution is -2.22. The van der Waals surface area contributed by atoms with Crippen molar-refractivity contribution < 1.29 is 23.7 Å². The molecule has 6 heteroatoms. The fourth-order valence-electron chi connectivity index (χ4n) is 2.90. The number of carbonyl (C=O) groups is 1. The van der Waals surface area contributed by atoms with E-state index in [4.69, 9.17) is 30.5 Å². The van der Waals surface area contributed by atoms with Crippen molar-refractivity contribution in [3.05, 3.63) is 77.8 Å². The summed E-state index contributed by atoms with van der Waals surface area (Å²) in [5.41, 5.74) is 0.341. The molecule has 3 rings (SSSR count). The molecule has 31 heavy (non-hydrogen) atoms. The van der Waals surface area contributed by atoms with Crippen LogP contribution in [0.4, 0.5) is 0 Å². The van der Waals surface area contributed by atoms with Gasteiger partial charge in [-0.3, -0.25) is 0 Å². The third-order valence-corrected chi connectivity index (χ3v) is 4.66. The quantitative estimate of drug-likeness (QED) is 0.225. The van der Waals surface area contributed by atoms with Crippen molar-refractivity contribution in [3.63, 3.8) is 0 Å². The highest BCUT2D eigenvalue weighted by Crippen LogP contribution is 2.39. The molecule has 0 aliphatic carbocycles. The first kappa shape index (κ1) is 22.5. The van der Waals surface area contributed by atoms with Crippen LogP contribution in [-0.4, -0.2) is 31.9 Å². The van der Waals surface area contributed by atoms with Crippen molar-refractivity contribution in [1.29, 1.82) is 0 Å². The van der Waals surface area contributed by atoms with Gasteiger partial charge in [-0.25, -0.2) is 4.79 Å². The molecule has 3 aromatic rings. The van der Waals surface area contributed by atoms with Crippen LogP contribution in [0.25, 0.3) is 10.8 Å². The van der Waals surface area contributed by atoms with Crippen LogP contribution in [0, 0.1) is 0 Å². The van der Waals surface area contributed by atoms with Gasteiger partial charge in [-0.2, -0.15) is 0 Å². The monoisotopic (exact) mass is 440 g/mol. The Morgan fingerprint density at radius 1 is 0.968 bits per heavy atom. The van der Waals surface area contributed by atoms with Crippen LogP contribution in [0.2, 0.25) is 5.02 Å². The Morgan fingerprint density at radius 2 is 1.61 bits per heavy atom. The summed E-state index contributed by atoms with van der Waals surface area (Å²) in [6.07, 6.45) is -0.454. The first-order valence-corrected chi connectivity index (χ1v) is 10.3. The van der Waals surface area contributed by atoms with Crippen LogP contribution < -0.4 is 14.2 Å². The molecular formula is C25H25ClO5. The smallest absolute Gasteiger partial charge is 0.333 e. The Labute approximate surface area is 187 Å². The molecule has 0 spiro atoms. The van der Waals surface area contributed by atoms with E-state index in [-0.39, 0.29) is 6.61 Å². The molecule has 3 aromatic carbocycles. The van der Waals surface area contributed by atoms with E-state index in [2.05, 4.69) is 6.58 Å². The highest BCUT2D eigenvalue weighted by atomic mass is 35.5. The second-order valence-electron chi connectivity index (χ2n) is 7.05. The van der Waals surface area contributed by atoms with E-state index in [0.717, 1.165) is 16.5 Å². The number of hydrogen-bond acceptors (Lipinski definition) is 5. The molecule has 162 valence electrons. The van der Waals surface area contributed by atoms with Gasteiger partial charge in [0.1, 0.15) is 43.2 Å². The number of esters is 1. The van der Waals surface area contributed by atoms with Crippen LogP contribution in [0.3, 0.4) is 0 Å². The molecule has 0 aliphatic heterocycles. The lowest BCUT2D eigenvalue weighted by molar-refractivity contribution is -0.144. The first-order valence-electron chi connectivity index (χ1n) is 9.97. The zero-order chi connectivity index (χ0) is 22.2. The summed E-state index contributed by atoms with van der Waals surface area (Å²) < 4.78 is 22.8. The molecular weight excluding hydrogens is 416 g/mol. The number of fused-ring (bicyclic) bond motifs is 1. The normalized spacial score (nSPS) is 11.6. The van der Waals surface area contributed by atoms with Crippen LogP contribution in [0.15, 0.2) is 72.8 Å². The Bertz CT molecular complexity index is 1050. The highest BCUT2D eigenvalue weighted by molar-refractivity contribution is 6.33. The van der Waals surface area contributed by atoms with Crippen molar-refractivity contribution in [2.75, 3.05) is 19.8 Å². The van der Waals surface area contributed by atoms with Crippen molar-refractivity contribution >= 4 is 28.3 Å². The van der Waals surface area contributed by atoms with Crippen LogP contribution in [-0.2, 0) is 9.53 Å². The maximum Gasteiger partial charge on any atom is 0.333 e. The summed E-state index contributed by atoms with van der Waals surface area (Å²) in [7, 11) is 0. The topological polar surface area (TPSA) is 54.0 Å². The van der Waals surface area contributed by atoms with Gasteiger partial charge in [0, 0.05) is 22.4 Å². The van der Waals surface area contributed by atoms with Gasteiger partial charge in [-0.15, -0.1) is 0 Å². The Hall–Kier alpha value is -3.18. The summed E-state index contributed by atoms with van der Waals surface area (Å²) in [4.78, 5) is 11.7. The molecule has 0 aliphatic rings. The molecule has 0 saturated carbocycles. The number of carbonyl (C=O) groups excluding carboxylic acids is 1. The van der Waals surface area contributed by atoms with Crippen LogP contribution in [0.5, 0.6) is 17.2 Å². The van der Waals surface area contributed by atoms with Gasteiger partial charge < -0.3 is 18.9 Å². The zero-order valence-corrected chi connectivity index (χ0v) is 18.4. The molecule has 1 unspecified atom stereocenters. The molecule has 0 amide bonds. The third kappa shape index (κ3) is 6.15. The molecule has 5 nitrogen and oxygen atoms in total. The van der Waals surface area contributed by atoms with E-state index < -0.39 is 12.1 Å². The molecule has 0 aromatic heterocycles. The molecule has 0 radical (unpaired) electrons. The van der Waals surface area contributed by atoms with Crippen LogP contribution in [0.1, 0.15) is 13.8 Å². The van der Waals surface area contributed by atoms with Crippen LogP contribution >= 0.6 is 11.6 Å². The molecule has 0 heterocycles. The number of benzene rings is 3. The first-order chi connectivity index (χ1) is 15.0. The van der Waals surface area contributed by atoms with E-state index >= 15 is 0 Å². The molecule has 0 fully saturated rings. The van der Waals surface area contributed by atoms with E-state index in [1.807, 2.05) is 54.6 Å². The predicted octanol–water partition coefficient (Wildman–Crippen LogP) is 5.84. The van der Waals surface area contributed by atoms with Gasteiger partial charge in [-0.05, 0) is 26.0 Å². The maximum absolute atomic E-state index is 11.7. The number of rotatable bonds is 10. The minimum atomic E-state index is -0.454. The average molecular weight is 441 g/mol. The minimum absolute atomic E-state index is 0.161. The Balaban J connectivity index is 1.68. The molecule has 0 bridgehead atoms. The highest BCUT2D eigenvalue weighted by Gasteiger charge is 2.16. The Morgan fingerprint density at radius 3 is 2.32 bits per heavy atom. The summed E-state index contributed by atoms with van der Waals surface area (Å²) in [6, 6.07) is 19.0. The minimum Gasteiger partial charge on any atom is -0.490 e. The van der Waals surface area contributed by atoms with Crippen molar-refractivity contribution in [2.45, 2.75) is 20.0 Å². The molecule has 0 saturated heterocycles. The number of hydrogen-bond donors (Lipinski definition) is 0. The van der Waals surface area contributed by atoms with Crippen molar-refractivity contribution in [1.82, 2.24) is 0 Å². The second-order valence-corrected chi connectivity index (χ2v) is 7.46. The Kier molecular flexibility index (Phi) is 7.79. The van der Waals surface area contributed by atoms with E-state index in [1.165, 1.54) is 0 Å². The lowest BCUT2D eigenvalue weighted by atomic mass is 10.1. The predicted molar refractivity (Wildman–Crippen MR) is 122 cm³/mol. The number of halogens is 1. The summed E-state index contributed by atoms with van der Waals surface area (Å²) in [5.74, 6) is 1.50. The van der Waals surface area contributed by atoms with Gasteiger partial charge in [0.25, 0.3) is 0 Å². The van der Waals surface area contributed by atoms with E-state index in [0.29, 0.717) is 35.3 Å². The summed E-state index contributed by atoms with van der Waals surface area (Å²) in [5, 5.41) is 2.09. The van der Waals surface area contributed by atoms with E-state index in [9.17, 15) is 4.79 Å². The van der Waals surface area contributed by atoms with Crippen molar-refractivity contribution in [2.24, 2.45) is 0 Å². The van der Waals surface area contributed by atoms with Gasteiger partial charge in [0.05, 0.1) is 5.02 Å². The van der Waals surface area contributed by atoms with Gasteiger partial charge in [-0.1, -0.05) is 60.6 Å². The molecule has 1 atom stereocenters. The van der Waals surface area contributed by atoms with Gasteiger partial charge in [0.15, 0.2) is 0 Å². The summed E-state index contributed by atoms with van der Waals surface area (Å²) in [6.45, 7) is 7.86.